The van der Waals surface area contributed by atoms with Gasteiger partial charge in [-0.1, -0.05) is 41.4 Å². The zero-order valence-electron chi connectivity index (χ0n) is 12.1. The molecule has 0 aromatic heterocycles. The second-order valence-corrected chi connectivity index (χ2v) is 5.31. The Balaban J connectivity index is 2.26. The van der Waals surface area contributed by atoms with Crippen LogP contribution >= 0.6 is 23.2 Å². The van der Waals surface area contributed by atoms with E-state index >= 15 is 0 Å². The van der Waals surface area contributed by atoms with Gasteiger partial charge in [0.2, 0.25) is 0 Å². The zero-order valence-corrected chi connectivity index (χ0v) is 13.7. The van der Waals surface area contributed by atoms with Crippen LogP contribution in [-0.2, 0) is 4.79 Å². The average Bonchev–Trinajstić information content (AvgIpc) is 2.56. The van der Waals surface area contributed by atoms with Crippen LogP contribution in [0.15, 0.2) is 48.0 Å². The summed E-state index contributed by atoms with van der Waals surface area (Å²) < 4.78 is 5.20. The third-order valence-electron chi connectivity index (χ3n) is 2.98. The van der Waals surface area contributed by atoms with E-state index in [1.165, 1.54) is 19.3 Å². The van der Waals surface area contributed by atoms with Crippen molar-refractivity contribution in [2.45, 2.75) is 0 Å². The van der Waals surface area contributed by atoms with Gasteiger partial charge in [-0.25, -0.2) is 0 Å². The van der Waals surface area contributed by atoms with E-state index in [-0.39, 0.29) is 5.57 Å². The van der Waals surface area contributed by atoms with Gasteiger partial charge in [0.15, 0.2) is 0 Å². The third kappa shape index (κ3) is 4.26. The van der Waals surface area contributed by atoms with Crippen LogP contribution in [0.25, 0.3) is 6.08 Å². The number of halogens is 2. The quantitative estimate of drug-likeness (QED) is 0.652. The molecule has 0 saturated carbocycles. The van der Waals surface area contributed by atoms with Crippen molar-refractivity contribution in [2.24, 2.45) is 0 Å². The summed E-state index contributed by atoms with van der Waals surface area (Å²) in [6, 6.07) is 13.7. The number of para-hydroxylation sites is 1. The summed E-state index contributed by atoms with van der Waals surface area (Å²) in [5.41, 5.74) is 1.03. The minimum atomic E-state index is -0.545. The van der Waals surface area contributed by atoms with E-state index in [9.17, 15) is 10.1 Å². The van der Waals surface area contributed by atoms with Crippen molar-refractivity contribution in [1.29, 1.82) is 5.26 Å². The number of carbonyl (C=O) groups is 1. The number of nitrogens with one attached hydrogen (secondary N) is 1. The molecule has 0 saturated heterocycles. The van der Waals surface area contributed by atoms with Crippen molar-refractivity contribution in [3.8, 4) is 11.8 Å². The molecule has 2 aromatic carbocycles. The smallest absolute Gasteiger partial charge is 0.266 e. The van der Waals surface area contributed by atoms with E-state index in [1.807, 2.05) is 6.07 Å². The minimum absolute atomic E-state index is 0.0550. The van der Waals surface area contributed by atoms with Crippen LogP contribution in [0, 0.1) is 11.3 Å². The number of benzene rings is 2. The maximum absolute atomic E-state index is 12.2. The van der Waals surface area contributed by atoms with Crippen molar-refractivity contribution < 1.29 is 9.53 Å². The van der Waals surface area contributed by atoms with Crippen LogP contribution in [0.1, 0.15) is 5.56 Å². The van der Waals surface area contributed by atoms with Crippen molar-refractivity contribution in [2.75, 3.05) is 12.4 Å². The molecule has 1 N–H and O–H groups in total. The lowest BCUT2D eigenvalue weighted by Gasteiger charge is -2.07. The lowest BCUT2D eigenvalue weighted by Crippen LogP contribution is -2.13. The molecule has 0 unspecified atom stereocenters. The Kier molecular flexibility index (Phi) is 5.64. The van der Waals surface area contributed by atoms with Gasteiger partial charge in [0.1, 0.15) is 17.4 Å². The van der Waals surface area contributed by atoms with Gasteiger partial charge in [-0.05, 0) is 30.3 Å². The van der Waals surface area contributed by atoms with E-state index in [4.69, 9.17) is 27.9 Å². The van der Waals surface area contributed by atoms with Crippen molar-refractivity contribution in [1.82, 2.24) is 0 Å². The molecule has 2 aromatic rings. The normalized spacial score (nSPS) is 10.8. The molecule has 6 heteroatoms. The van der Waals surface area contributed by atoms with Crippen molar-refractivity contribution in [3.05, 3.63) is 63.6 Å². The SMILES string of the molecule is COc1ccccc1/C=C(\C#N)C(=O)Nc1ccc(Cl)c(Cl)c1. The number of nitrogens with zero attached hydrogens (tertiary/aromatic N) is 1. The first-order valence-corrected chi connectivity index (χ1v) is 7.32. The second kappa shape index (κ2) is 7.68. The van der Waals surface area contributed by atoms with Crippen LogP contribution in [0.3, 0.4) is 0 Å². The fraction of sp³-hybridized carbons (Fsp3) is 0.0588. The number of amides is 1. The molecule has 0 aliphatic rings. The number of hydrogen-bond donors (Lipinski definition) is 1. The third-order valence-corrected chi connectivity index (χ3v) is 3.72. The number of hydrogen-bond acceptors (Lipinski definition) is 3. The van der Waals surface area contributed by atoms with Crippen LogP contribution in [-0.4, -0.2) is 13.0 Å². The monoisotopic (exact) mass is 346 g/mol. The molecule has 2 rings (SSSR count). The summed E-state index contributed by atoms with van der Waals surface area (Å²) in [6.07, 6.45) is 1.46. The number of methoxy groups -OCH3 is 1. The van der Waals surface area contributed by atoms with E-state index in [0.717, 1.165) is 0 Å². The predicted molar refractivity (Wildman–Crippen MR) is 91.7 cm³/mol. The molecule has 0 aliphatic heterocycles. The van der Waals surface area contributed by atoms with Gasteiger partial charge in [0.05, 0.1) is 17.2 Å². The Labute approximate surface area is 143 Å². The topological polar surface area (TPSA) is 62.1 Å². The molecule has 116 valence electrons. The summed E-state index contributed by atoms with van der Waals surface area (Å²) in [5.74, 6) is 0.0272. The zero-order chi connectivity index (χ0) is 16.8. The first-order valence-electron chi connectivity index (χ1n) is 6.56. The van der Waals surface area contributed by atoms with Gasteiger partial charge in [0, 0.05) is 11.3 Å². The van der Waals surface area contributed by atoms with Gasteiger partial charge in [-0.2, -0.15) is 5.26 Å². The van der Waals surface area contributed by atoms with Crippen LogP contribution in [0.5, 0.6) is 5.75 Å². The van der Waals surface area contributed by atoms with E-state index < -0.39 is 5.91 Å². The predicted octanol–water partition coefficient (Wildman–Crippen LogP) is 4.55. The molecule has 0 spiro atoms. The van der Waals surface area contributed by atoms with E-state index in [2.05, 4.69) is 5.32 Å². The number of anilines is 1. The Hall–Kier alpha value is -2.48. The fourth-order valence-corrected chi connectivity index (χ4v) is 2.16. The Morgan fingerprint density at radius 2 is 1.96 bits per heavy atom. The maximum Gasteiger partial charge on any atom is 0.266 e. The van der Waals surface area contributed by atoms with Crippen LogP contribution in [0.4, 0.5) is 5.69 Å². The van der Waals surface area contributed by atoms with E-state index in [1.54, 1.807) is 36.4 Å². The first-order chi connectivity index (χ1) is 11.0. The average molecular weight is 347 g/mol. The van der Waals surface area contributed by atoms with Gasteiger partial charge in [0.25, 0.3) is 5.91 Å². The summed E-state index contributed by atoms with van der Waals surface area (Å²) in [5, 5.41) is 12.5. The molecular weight excluding hydrogens is 335 g/mol. The Morgan fingerprint density at radius 1 is 1.22 bits per heavy atom. The molecular formula is C17H12Cl2N2O2. The lowest BCUT2D eigenvalue weighted by molar-refractivity contribution is -0.112. The van der Waals surface area contributed by atoms with Gasteiger partial charge in [-0.3, -0.25) is 4.79 Å². The highest BCUT2D eigenvalue weighted by atomic mass is 35.5. The van der Waals surface area contributed by atoms with Gasteiger partial charge >= 0.3 is 0 Å². The largest absolute Gasteiger partial charge is 0.496 e. The second-order valence-electron chi connectivity index (χ2n) is 4.49. The highest BCUT2D eigenvalue weighted by molar-refractivity contribution is 6.42. The minimum Gasteiger partial charge on any atom is -0.496 e. The van der Waals surface area contributed by atoms with Gasteiger partial charge in [-0.15, -0.1) is 0 Å². The molecule has 0 bridgehead atoms. The molecule has 1 amide bonds. The lowest BCUT2D eigenvalue weighted by atomic mass is 10.1. The first kappa shape index (κ1) is 16.9. The summed E-state index contributed by atoms with van der Waals surface area (Å²) in [6.45, 7) is 0. The molecule has 0 aliphatic carbocycles. The van der Waals surface area contributed by atoms with Crippen LogP contribution < -0.4 is 10.1 Å². The molecule has 23 heavy (non-hydrogen) atoms. The molecule has 0 fully saturated rings. The summed E-state index contributed by atoms with van der Waals surface area (Å²) in [7, 11) is 1.52. The number of carbonyl (C=O) groups excluding carboxylic acids is 1. The fourth-order valence-electron chi connectivity index (χ4n) is 1.86. The van der Waals surface area contributed by atoms with Crippen molar-refractivity contribution >= 4 is 40.9 Å². The Bertz CT molecular complexity index is 810. The highest BCUT2D eigenvalue weighted by Crippen LogP contribution is 2.25. The molecule has 0 radical (unpaired) electrons. The maximum atomic E-state index is 12.2. The highest BCUT2D eigenvalue weighted by Gasteiger charge is 2.11. The van der Waals surface area contributed by atoms with Crippen molar-refractivity contribution in [3.63, 3.8) is 0 Å². The molecule has 4 nitrogen and oxygen atoms in total. The molecule has 0 heterocycles. The number of ether oxygens (including phenoxy) is 1. The number of rotatable bonds is 4. The van der Waals surface area contributed by atoms with Crippen LogP contribution in [0.2, 0.25) is 10.0 Å². The van der Waals surface area contributed by atoms with E-state index in [0.29, 0.717) is 27.0 Å². The number of nitriles is 1. The summed E-state index contributed by atoms with van der Waals surface area (Å²) >= 11 is 11.7. The molecule has 0 atom stereocenters. The summed E-state index contributed by atoms with van der Waals surface area (Å²) in [4.78, 5) is 12.2. The Morgan fingerprint density at radius 3 is 2.61 bits per heavy atom. The standard InChI is InChI=1S/C17H12Cl2N2O2/c1-23-16-5-3-2-4-11(16)8-12(10-20)17(22)21-13-6-7-14(18)15(19)9-13/h2-9H,1H3,(H,21,22)/b12-8+. The van der Waals surface area contributed by atoms with Gasteiger partial charge < -0.3 is 10.1 Å².